The van der Waals surface area contributed by atoms with Gasteiger partial charge in [-0.05, 0) is 13.0 Å². The smallest absolute Gasteiger partial charge is 0.00799 e. The summed E-state index contributed by atoms with van der Waals surface area (Å²) in [6.45, 7) is 2.88. The Labute approximate surface area is 59.8 Å². The third-order valence-corrected chi connectivity index (χ3v) is 0.289. The lowest BCUT2D eigenvalue weighted by molar-refractivity contribution is 0.932. The average Bonchev–Trinajstić information content (AvgIpc) is 1.37. The summed E-state index contributed by atoms with van der Waals surface area (Å²) >= 11 is 0. The second-order valence-corrected chi connectivity index (χ2v) is 0.789. The van der Waals surface area contributed by atoms with E-state index in [1.165, 1.54) is 0 Å². The van der Waals surface area contributed by atoms with Gasteiger partial charge in [-0.15, -0.1) is 34.0 Å². The zero-order valence-electron chi connectivity index (χ0n) is 3.81. The van der Waals surface area contributed by atoms with Gasteiger partial charge < -0.3 is 5.73 Å². The van der Waals surface area contributed by atoms with Gasteiger partial charge in [-0.2, -0.15) is 0 Å². The summed E-state index contributed by atoms with van der Waals surface area (Å²) < 4.78 is 0. The normalized spacial score (nSPS) is 5.00. The first kappa shape index (κ1) is 15.8. The van der Waals surface area contributed by atoms with Gasteiger partial charge >= 0.3 is 0 Å². The van der Waals surface area contributed by atoms with Crippen molar-refractivity contribution in [3.05, 3.63) is 0 Å². The van der Waals surface area contributed by atoms with E-state index in [9.17, 15) is 0 Å². The van der Waals surface area contributed by atoms with E-state index < -0.39 is 0 Å². The van der Waals surface area contributed by atoms with E-state index in [1.807, 2.05) is 0 Å². The minimum Gasteiger partial charge on any atom is -0.330 e. The van der Waals surface area contributed by atoms with Crippen LogP contribution in [0.2, 0.25) is 0 Å². The van der Waals surface area contributed by atoms with Crippen LogP contribution in [-0.2, 0) is 0 Å². The number of rotatable bonds is 1. The monoisotopic (exact) mass is 219 g/mol. The summed E-state index contributed by atoms with van der Waals surface area (Å²) in [4.78, 5) is 0. The van der Waals surface area contributed by atoms with Crippen molar-refractivity contribution in [1.29, 1.82) is 0 Å². The molecule has 0 spiro atoms. The molecule has 6 heavy (non-hydrogen) atoms. The van der Waals surface area contributed by atoms with Crippen molar-refractivity contribution in [1.82, 2.24) is 0 Å². The first-order valence-electron chi connectivity index (χ1n) is 1.62. The van der Waals surface area contributed by atoms with Gasteiger partial charge in [0.25, 0.3) is 0 Å². The van der Waals surface area contributed by atoms with Crippen molar-refractivity contribution in [2.24, 2.45) is 5.73 Å². The number of hydrogen-bond donors (Lipinski definition) is 1. The van der Waals surface area contributed by atoms with Crippen molar-refractivity contribution in [2.75, 3.05) is 6.54 Å². The highest BCUT2D eigenvalue weighted by molar-refractivity contribution is 8.93. The Balaban J connectivity index is -0.0000000450. The summed E-state index contributed by atoms with van der Waals surface area (Å²) in [5.74, 6) is 0. The van der Waals surface area contributed by atoms with Crippen LogP contribution in [0.15, 0.2) is 0 Å². The van der Waals surface area contributed by atoms with E-state index in [0.717, 1.165) is 13.0 Å². The van der Waals surface area contributed by atoms with Gasteiger partial charge in [0.15, 0.2) is 0 Å². The summed E-state index contributed by atoms with van der Waals surface area (Å²) in [5, 5.41) is 0. The molecule has 0 saturated carbocycles. The predicted octanol–water partition coefficient (Wildman–Crippen LogP) is 1.51. The second kappa shape index (κ2) is 16.8. The zero-order valence-corrected chi connectivity index (χ0v) is 7.23. The molecule has 0 atom stereocenters. The molecular formula is C3H11Br2N. The molecule has 3 heteroatoms. The van der Waals surface area contributed by atoms with Gasteiger partial charge in [0, 0.05) is 0 Å². The van der Waals surface area contributed by atoms with Gasteiger partial charge in [0.1, 0.15) is 0 Å². The topological polar surface area (TPSA) is 26.0 Å². The van der Waals surface area contributed by atoms with Gasteiger partial charge in [-0.1, -0.05) is 6.92 Å². The Bertz CT molecular complexity index is 10.8. The summed E-state index contributed by atoms with van der Waals surface area (Å²) in [6, 6.07) is 0. The lowest BCUT2D eigenvalue weighted by Crippen LogP contribution is -1.93. The number of halogens is 2. The molecule has 0 radical (unpaired) electrons. The SMILES string of the molecule is Br.Br.CCCN. The molecule has 0 amide bonds. The van der Waals surface area contributed by atoms with Crippen molar-refractivity contribution >= 4 is 34.0 Å². The van der Waals surface area contributed by atoms with Crippen molar-refractivity contribution < 1.29 is 0 Å². The third-order valence-electron chi connectivity index (χ3n) is 0.289. The Hall–Kier alpha value is 0.920. The molecule has 0 rings (SSSR count). The molecule has 0 aliphatic carbocycles. The Kier molecular flexibility index (Phi) is 44.2. The predicted molar refractivity (Wildman–Crippen MR) is 40.0 cm³/mol. The van der Waals surface area contributed by atoms with Crippen LogP contribution in [0.3, 0.4) is 0 Å². The lowest BCUT2D eigenvalue weighted by Gasteiger charge is -1.70. The Morgan fingerprint density at radius 2 is 1.50 bits per heavy atom. The first-order valence-corrected chi connectivity index (χ1v) is 1.62. The second-order valence-electron chi connectivity index (χ2n) is 0.789. The van der Waals surface area contributed by atoms with E-state index in [-0.39, 0.29) is 34.0 Å². The van der Waals surface area contributed by atoms with Crippen LogP contribution in [0.1, 0.15) is 13.3 Å². The number of nitrogens with two attached hydrogens (primary N) is 1. The molecule has 0 aromatic heterocycles. The van der Waals surface area contributed by atoms with Crippen LogP contribution >= 0.6 is 34.0 Å². The minimum atomic E-state index is 0. The van der Waals surface area contributed by atoms with Crippen LogP contribution in [-0.4, -0.2) is 6.54 Å². The summed E-state index contributed by atoms with van der Waals surface area (Å²) in [7, 11) is 0. The molecule has 2 N–H and O–H groups in total. The highest BCUT2D eigenvalue weighted by atomic mass is 79.9. The van der Waals surface area contributed by atoms with E-state index >= 15 is 0 Å². The molecule has 42 valence electrons. The van der Waals surface area contributed by atoms with Crippen LogP contribution in [0.25, 0.3) is 0 Å². The lowest BCUT2D eigenvalue weighted by atomic mass is 10.5. The molecular weight excluding hydrogens is 210 g/mol. The van der Waals surface area contributed by atoms with Crippen molar-refractivity contribution in [3.8, 4) is 0 Å². The molecule has 0 heterocycles. The van der Waals surface area contributed by atoms with E-state index in [1.54, 1.807) is 0 Å². The molecule has 1 nitrogen and oxygen atoms in total. The molecule has 0 saturated heterocycles. The maximum atomic E-state index is 5.03. The van der Waals surface area contributed by atoms with E-state index in [0.29, 0.717) is 0 Å². The van der Waals surface area contributed by atoms with Gasteiger partial charge in [0.05, 0.1) is 0 Å². The number of hydrogen-bond acceptors (Lipinski definition) is 1. The minimum absolute atomic E-state index is 0. The van der Waals surface area contributed by atoms with Crippen LogP contribution in [0, 0.1) is 0 Å². The molecule has 0 aromatic carbocycles. The van der Waals surface area contributed by atoms with E-state index in [2.05, 4.69) is 6.92 Å². The third kappa shape index (κ3) is 20.5. The Morgan fingerprint density at radius 3 is 1.50 bits per heavy atom. The zero-order chi connectivity index (χ0) is 3.41. The van der Waals surface area contributed by atoms with Crippen molar-refractivity contribution in [2.45, 2.75) is 13.3 Å². The summed E-state index contributed by atoms with van der Waals surface area (Å²) in [5.41, 5.74) is 5.03. The highest BCUT2D eigenvalue weighted by Gasteiger charge is 1.55. The molecule has 0 aliphatic rings. The van der Waals surface area contributed by atoms with Crippen LogP contribution in [0.4, 0.5) is 0 Å². The molecule has 0 aliphatic heterocycles. The van der Waals surface area contributed by atoms with Gasteiger partial charge in [-0.25, -0.2) is 0 Å². The maximum Gasteiger partial charge on any atom is -0.00799 e. The fourth-order valence-electron chi connectivity index (χ4n) is 0. The average molecular weight is 221 g/mol. The largest absolute Gasteiger partial charge is 0.330 e. The van der Waals surface area contributed by atoms with Crippen LogP contribution in [0.5, 0.6) is 0 Å². The molecule has 0 unspecified atom stereocenters. The Morgan fingerprint density at radius 1 is 1.33 bits per heavy atom. The molecule has 0 fully saturated rings. The fourth-order valence-corrected chi connectivity index (χ4v) is 0. The van der Waals surface area contributed by atoms with Gasteiger partial charge in [-0.3, -0.25) is 0 Å². The standard InChI is InChI=1S/C3H9N.2BrH/c1-2-3-4;;/h2-4H2,1H3;2*1H. The summed E-state index contributed by atoms with van der Waals surface area (Å²) in [6.07, 6.45) is 1.10. The van der Waals surface area contributed by atoms with E-state index in [4.69, 9.17) is 5.73 Å². The van der Waals surface area contributed by atoms with Crippen LogP contribution < -0.4 is 5.73 Å². The van der Waals surface area contributed by atoms with Crippen molar-refractivity contribution in [3.63, 3.8) is 0 Å². The maximum absolute atomic E-state index is 5.03. The van der Waals surface area contributed by atoms with Gasteiger partial charge in [0.2, 0.25) is 0 Å². The highest BCUT2D eigenvalue weighted by Crippen LogP contribution is 1.57. The molecule has 0 bridgehead atoms. The first-order chi connectivity index (χ1) is 1.91. The fraction of sp³-hybridized carbons (Fsp3) is 1.00. The molecule has 0 aromatic rings. The quantitative estimate of drug-likeness (QED) is 0.713.